The number of esters is 1. The second-order valence-electron chi connectivity index (χ2n) is 4.77. The number of carbonyl (C=O) groups is 2. The molecule has 1 saturated heterocycles. The van der Waals surface area contributed by atoms with E-state index in [-0.39, 0.29) is 18.0 Å². The molecule has 5 nitrogen and oxygen atoms in total. The predicted molar refractivity (Wildman–Crippen MR) is 60.3 cm³/mol. The Hall–Kier alpha value is -1.10. The van der Waals surface area contributed by atoms with E-state index in [1.54, 1.807) is 0 Å². The van der Waals surface area contributed by atoms with Gasteiger partial charge in [-0.05, 0) is 25.2 Å². The van der Waals surface area contributed by atoms with Crippen molar-refractivity contribution >= 4 is 11.9 Å². The molecule has 2 atom stereocenters. The van der Waals surface area contributed by atoms with Crippen LogP contribution in [-0.2, 0) is 19.1 Å². The molecular formula is C12H19NO4. The van der Waals surface area contributed by atoms with Gasteiger partial charge in [-0.2, -0.15) is 0 Å². The van der Waals surface area contributed by atoms with Gasteiger partial charge in [-0.3, -0.25) is 4.79 Å². The molecule has 0 aromatic heterocycles. The third-order valence-corrected chi connectivity index (χ3v) is 3.29. The van der Waals surface area contributed by atoms with E-state index in [4.69, 9.17) is 9.47 Å². The van der Waals surface area contributed by atoms with Crippen molar-refractivity contribution in [1.82, 2.24) is 5.32 Å². The second kappa shape index (κ2) is 5.49. The normalized spacial score (nSPS) is 25.4. The van der Waals surface area contributed by atoms with Crippen molar-refractivity contribution in [1.29, 1.82) is 0 Å². The van der Waals surface area contributed by atoms with Gasteiger partial charge < -0.3 is 14.8 Å². The van der Waals surface area contributed by atoms with Gasteiger partial charge in [-0.25, -0.2) is 4.79 Å². The number of rotatable bonds is 5. The van der Waals surface area contributed by atoms with Gasteiger partial charge in [0.15, 0.2) is 0 Å². The fourth-order valence-corrected chi connectivity index (χ4v) is 2.09. The summed E-state index contributed by atoms with van der Waals surface area (Å²) in [4.78, 5) is 23.4. The van der Waals surface area contributed by atoms with Crippen molar-refractivity contribution in [3.63, 3.8) is 0 Å². The lowest BCUT2D eigenvalue weighted by atomic mass is 10.1. The minimum absolute atomic E-state index is 0.182. The van der Waals surface area contributed by atoms with Gasteiger partial charge in [-0.1, -0.05) is 12.8 Å². The monoisotopic (exact) mass is 241 g/mol. The summed E-state index contributed by atoms with van der Waals surface area (Å²) in [5.41, 5.74) is 0. The summed E-state index contributed by atoms with van der Waals surface area (Å²) < 4.78 is 10.00. The van der Waals surface area contributed by atoms with Gasteiger partial charge in [-0.15, -0.1) is 0 Å². The van der Waals surface area contributed by atoms with Crippen molar-refractivity contribution in [2.45, 2.75) is 44.2 Å². The molecule has 0 spiro atoms. The van der Waals surface area contributed by atoms with E-state index in [0.717, 1.165) is 25.7 Å². The topological polar surface area (TPSA) is 64.6 Å². The Kier molecular flexibility index (Phi) is 3.99. The summed E-state index contributed by atoms with van der Waals surface area (Å²) in [5.74, 6) is 0.0192. The average molecular weight is 241 g/mol. The second-order valence-corrected chi connectivity index (χ2v) is 4.77. The Labute approximate surface area is 101 Å². The zero-order valence-electron chi connectivity index (χ0n) is 10.1. The zero-order chi connectivity index (χ0) is 12.3. The van der Waals surface area contributed by atoms with Crippen LogP contribution in [0.4, 0.5) is 0 Å². The van der Waals surface area contributed by atoms with Crippen molar-refractivity contribution < 1.29 is 19.1 Å². The van der Waals surface area contributed by atoms with E-state index < -0.39 is 6.04 Å². The number of hydrogen-bond acceptors (Lipinski definition) is 4. The summed E-state index contributed by atoms with van der Waals surface area (Å²) >= 11 is 0. The molecule has 2 fully saturated rings. The molecule has 1 aliphatic carbocycles. The lowest BCUT2D eigenvalue weighted by molar-refractivity contribution is -0.146. The molecule has 1 aliphatic heterocycles. The highest BCUT2D eigenvalue weighted by Crippen LogP contribution is 2.33. The first-order valence-electron chi connectivity index (χ1n) is 6.20. The number of ether oxygens (including phenoxy) is 2. The summed E-state index contributed by atoms with van der Waals surface area (Å²) in [6, 6.07) is -0.510. The first-order chi connectivity index (χ1) is 8.20. The van der Waals surface area contributed by atoms with E-state index in [9.17, 15) is 9.59 Å². The molecule has 0 aromatic carbocycles. The maximum absolute atomic E-state index is 11.8. The number of nitrogens with one attached hydrogen (secondary N) is 1. The van der Waals surface area contributed by atoms with Crippen LogP contribution in [0.1, 0.15) is 32.1 Å². The molecule has 1 heterocycles. The molecule has 2 rings (SSSR count). The molecule has 0 radical (unpaired) electrons. The van der Waals surface area contributed by atoms with Gasteiger partial charge in [0, 0.05) is 6.61 Å². The molecule has 0 bridgehead atoms. The van der Waals surface area contributed by atoms with Crippen LogP contribution < -0.4 is 5.32 Å². The molecule has 2 aliphatic rings. The Balaban J connectivity index is 1.86. The van der Waals surface area contributed by atoms with E-state index >= 15 is 0 Å². The molecule has 1 N–H and O–H groups in total. The van der Waals surface area contributed by atoms with Crippen LogP contribution in [0.2, 0.25) is 0 Å². The molecule has 17 heavy (non-hydrogen) atoms. The Morgan fingerprint density at radius 1 is 1.41 bits per heavy atom. The highest BCUT2D eigenvalue weighted by Gasteiger charge is 2.33. The molecular weight excluding hydrogens is 222 g/mol. The average Bonchev–Trinajstić information content (AvgIpc) is 2.97. The highest BCUT2D eigenvalue weighted by molar-refractivity contribution is 5.87. The molecule has 1 amide bonds. The van der Waals surface area contributed by atoms with Gasteiger partial charge in [0.2, 0.25) is 5.91 Å². The maximum Gasteiger partial charge on any atom is 0.328 e. The maximum atomic E-state index is 11.8. The van der Waals surface area contributed by atoms with Crippen LogP contribution in [0.3, 0.4) is 0 Å². The fraction of sp³-hybridized carbons (Fsp3) is 0.833. The van der Waals surface area contributed by atoms with Crippen LogP contribution >= 0.6 is 0 Å². The summed E-state index contributed by atoms with van der Waals surface area (Å²) in [6.07, 6.45) is 4.23. The van der Waals surface area contributed by atoms with Crippen LogP contribution in [0.5, 0.6) is 0 Å². The first-order valence-corrected chi connectivity index (χ1v) is 6.20. The quantitative estimate of drug-likeness (QED) is 0.717. The van der Waals surface area contributed by atoms with Crippen molar-refractivity contribution in [3.05, 3.63) is 0 Å². The summed E-state index contributed by atoms with van der Waals surface area (Å²) in [5, 5.41) is 2.74. The third kappa shape index (κ3) is 3.43. The first kappa shape index (κ1) is 12.4. The Morgan fingerprint density at radius 3 is 2.71 bits per heavy atom. The van der Waals surface area contributed by atoms with Crippen LogP contribution in [0.15, 0.2) is 0 Å². The molecule has 96 valence electrons. The highest BCUT2D eigenvalue weighted by atomic mass is 16.5. The molecule has 1 saturated carbocycles. The van der Waals surface area contributed by atoms with Crippen molar-refractivity contribution in [2.75, 3.05) is 13.7 Å². The van der Waals surface area contributed by atoms with E-state index in [2.05, 4.69) is 5.32 Å². The smallest absolute Gasteiger partial charge is 0.328 e. The van der Waals surface area contributed by atoms with Crippen LogP contribution in [0.25, 0.3) is 0 Å². The minimum atomic E-state index is -0.510. The van der Waals surface area contributed by atoms with Crippen LogP contribution in [-0.4, -0.2) is 37.7 Å². The fourth-order valence-electron chi connectivity index (χ4n) is 2.09. The minimum Gasteiger partial charge on any atom is -0.467 e. The largest absolute Gasteiger partial charge is 0.467 e. The molecule has 0 aromatic rings. The van der Waals surface area contributed by atoms with Crippen molar-refractivity contribution in [2.24, 2.45) is 5.92 Å². The SMILES string of the molecule is COC(=O)[C@H](CC1CC1)NC(=O)[C@@H]1CCCO1. The Morgan fingerprint density at radius 2 is 2.18 bits per heavy atom. The van der Waals surface area contributed by atoms with Gasteiger partial charge in [0.25, 0.3) is 0 Å². The van der Waals surface area contributed by atoms with E-state index in [1.165, 1.54) is 7.11 Å². The zero-order valence-corrected chi connectivity index (χ0v) is 10.1. The van der Waals surface area contributed by atoms with Gasteiger partial charge >= 0.3 is 5.97 Å². The van der Waals surface area contributed by atoms with Gasteiger partial charge in [0.1, 0.15) is 12.1 Å². The predicted octanol–water partition coefficient (Wildman–Crippen LogP) is 0.623. The van der Waals surface area contributed by atoms with Crippen LogP contribution in [0, 0.1) is 5.92 Å². The van der Waals surface area contributed by atoms with Gasteiger partial charge in [0.05, 0.1) is 7.11 Å². The number of amides is 1. The van der Waals surface area contributed by atoms with E-state index in [1.807, 2.05) is 0 Å². The summed E-state index contributed by atoms with van der Waals surface area (Å²) in [6.45, 7) is 0.629. The third-order valence-electron chi connectivity index (χ3n) is 3.29. The number of hydrogen-bond donors (Lipinski definition) is 1. The van der Waals surface area contributed by atoms with Crippen molar-refractivity contribution in [3.8, 4) is 0 Å². The lowest BCUT2D eigenvalue weighted by Crippen LogP contribution is -2.46. The molecule has 0 unspecified atom stereocenters. The summed E-state index contributed by atoms with van der Waals surface area (Å²) in [7, 11) is 1.35. The number of carbonyl (C=O) groups excluding carboxylic acids is 2. The lowest BCUT2D eigenvalue weighted by Gasteiger charge is -2.18. The number of methoxy groups -OCH3 is 1. The standard InChI is InChI=1S/C12H19NO4/c1-16-12(15)9(7-8-4-5-8)13-11(14)10-3-2-6-17-10/h8-10H,2-7H2,1H3,(H,13,14)/t9-,10-/m0/s1. The molecule has 5 heteroatoms. The van der Waals surface area contributed by atoms with E-state index in [0.29, 0.717) is 18.9 Å². The Bertz CT molecular complexity index is 295.